The second kappa shape index (κ2) is 6.22. The summed E-state index contributed by atoms with van der Waals surface area (Å²) in [4.78, 5) is 16.3. The summed E-state index contributed by atoms with van der Waals surface area (Å²) >= 11 is 0. The molecule has 1 unspecified atom stereocenters. The van der Waals surface area contributed by atoms with E-state index in [1.165, 1.54) is 0 Å². The molecule has 0 aliphatic carbocycles. The van der Waals surface area contributed by atoms with Gasteiger partial charge in [0, 0.05) is 30.4 Å². The molecule has 0 aliphatic heterocycles. The van der Waals surface area contributed by atoms with Gasteiger partial charge in [0.2, 0.25) is 5.91 Å². The SMILES string of the molecule is Cc1cc2nc(C)c(CCC(=O)NCC(C)O)c(C)n2n1. The second-order valence-corrected chi connectivity index (χ2v) is 5.47. The molecule has 0 radical (unpaired) electrons. The average Bonchev–Trinajstić information content (AvgIpc) is 2.76. The number of aromatic nitrogens is 3. The quantitative estimate of drug-likeness (QED) is 0.863. The third-order valence-electron chi connectivity index (χ3n) is 3.48. The lowest BCUT2D eigenvalue weighted by Gasteiger charge is -2.11. The Morgan fingerprint density at radius 1 is 1.43 bits per heavy atom. The van der Waals surface area contributed by atoms with Crippen molar-refractivity contribution < 1.29 is 9.90 Å². The highest BCUT2D eigenvalue weighted by molar-refractivity contribution is 5.76. The molecule has 0 bridgehead atoms. The first-order valence-electron chi connectivity index (χ1n) is 7.15. The van der Waals surface area contributed by atoms with Gasteiger partial charge in [0.15, 0.2) is 5.65 Å². The topological polar surface area (TPSA) is 79.5 Å². The van der Waals surface area contributed by atoms with Crippen molar-refractivity contribution in [3.63, 3.8) is 0 Å². The Hall–Kier alpha value is -1.95. The molecule has 2 N–H and O–H groups in total. The smallest absolute Gasteiger partial charge is 0.220 e. The van der Waals surface area contributed by atoms with E-state index in [2.05, 4.69) is 15.4 Å². The molecule has 0 saturated carbocycles. The van der Waals surface area contributed by atoms with Gasteiger partial charge in [-0.3, -0.25) is 4.79 Å². The summed E-state index contributed by atoms with van der Waals surface area (Å²) in [6.45, 7) is 7.82. The Kier molecular flexibility index (Phi) is 4.57. The summed E-state index contributed by atoms with van der Waals surface area (Å²) in [5.74, 6) is -0.0635. The lowest BCUT2D eigenvalue weighted by Crippen LogP contribution is -2.30. The molecule has 0 aromatic carbocycles. The zero-order chi connectivity index (χ0) is 15.6. The number of hydrogen-bond donors (Lipinski definition) is 2. The summed E-state index contributed by atoms with van der Waals surface area (Å²) in [5, 5.41) is 16.3. The van der Waals surface area contributed by atoms with Crippen LogP contribution in [0.3, 0.4) is 0 Å². The third-order valence-corrected chi connectivity index (χ3v) is 3.48. The van der Waals surface area contributed by atoms with Gasteiger partial charge in [-0.25, -0.2) is 9.50 Å². The van der Waals surface area contributed by atoms with Crippen molar-refractivity contribution in [2.75, 3.05) is 6.54 Å². The summed E-state index contributed by atoms with van der Waals surface area (Å²) in [6, 6.07) is 1.94. The highest BCUT2D eigenvalue weighted by atomic mass is 16.3. The molecule has 0 fully saturated rings. The predicted octanol–water partition coefficient (Wildman–Crippen LogP) is 1.08. The highest BCUT2D eigenvalue weighted by Gasteiger charge is 2.12. The van der Waals surface area contributed by atoms with Crippen LogP contribution >= 0.6 is 0 Å². The minimum absolute atomic E-state index is 0.0635. The predicted molar refractivity (Wildman–Crippen MR) is 80.2 cm³/mol. The molecule has 0 saturated heterocycles. The first-order chi connectivity index (χ1) is 9.88. The Morgan fingerprint density at radius 2 is 2.14 bits per heavy atom. The van der Waals surface area contributed by atoms with Crippen LogP contribution in [0, 0.1) is 20.8 Å². The van der Waals surface area contributed by atoms with Gasteiger partial charge in [0.1, 0.15) is 0 Å². The van der Waals surface area contributed by atoms with Crippen molar-refractivity contribution in [3.8, 4) is 0 Å². The van der Waals surface area contributed by atoms with E-state index in [0.29, 0.717) is 12.8 Å². The minimum Gasteiger partial charge on any atom is -0.392 e. The van der Waals surface area contributed by atoms with Crippen LogP contribution in [0.5, 0.6) is 0 Å². The number of aliphatic hydroxyl groups excluding tert-OH is 1. The number of carbonyl (C=O) groups excluding carboxylic acids is 1. The molecule has 114 valence electrons. The molecule has 2 heterocycles. The fourth-order valence-corrected chi connectivity index (χ4v) is 2.39. The highest BCUT2D eigenvalue weighted by Crippen LogP contribution is 2.16. The van der Waals surface area contributed by atoms with E-state index in [0.717, 1.165) is 28.3 Å². The number of rotatable bonds is 5. The number of amides is 1. The molecule has 1 atom stereocenters. The Balaban J connectivity index is 2.13. The van der Waals surface area contributed by atoms with Gasteiger partial charge in [-0.15, -0.1) is 0 Å². The maximum absolute atomic E-state index is 11.7. The van der Waals surface area contributed by atoms with Crippen LogP contribution in [0.15, 0.2) is 6.07 Å². The molecule has 2 aromatic heterocycles. The van der Waals surface area contributed by atoms with Crippen LogP contribution in [-0.4, -0.2) is 38.3 Å². The van der Waals surface area contributed by atoms with Crippen molar-refractivity contribution in [1.29, 1.82) is 0 Å². The van der Waals surface area contributed by atoms with Crippen molar-refractivity contribution in [2.45, 2.75) is 46.6 Å². The van der Waals surface area contributed by atoms with Gasteiger partial charge in [0.05, 0.1) is 11.8 Å². The van der Waals surface area contributed by atoms with Gasteiger partial charge in [-0.05, 0) is 39.7 Å². The lowest BCUT2D eigenvalue weighted by atomic mass is 10.1. The molecular formula is C15H22N4O2. The number of aryl methyl sites for hydroxylation is 3. The van der Waals surface area contributed by atoms with Gasteiger partial charge >= 0.3 is 0 Å². The molecule has 2 aromatic rings. The first-order valence-corrected chi connectivity index (χ1v) is 7.15. The summed E-state index contributed by atoms with van der Waals surface area (Å²) < 4.78 is 1.82. The van der Waals surface area contributed by atoms with E-state index >= 15 is 0 Å². The summed E-state index contributed by atoms with van der Waals surface area (Å²) in [7, 11) is 0. The van der Waals surface area contributed by atoms with Crippen LogP contribution in [0.2, 0.25) is 0 Å². The van der Waals surface area contributed by atoms with Crippen LogP contribution in [0.1, 0.15) is 36.0 Å². The molecule has 0 spiro atoms. The van der Waals surface area contributed by atoms with E-state index in [-0.39, 0.29) is 12.5 Å². The van der Waals surface area contributed by atoms with Crippen LogP contribution < -0.4 is 5.32 Å². The standard InChI is InChI=1S/C15H22N4O2/c1-9-7-14-17-11(3)13(12(4)19(14)18-9)5-6-15(21)16-8-10(2)20/h7,10,20H,5-6,8H2,1-4H3,(H,16,21). The number of aliphatic hydroxyl groups is 1. The monoisotopic (exact) mass is 290 g/mol. The number of nitrogens with zero attached hydrogens (tertiary/aromatic N) is 3. The number of hydrogen-bond acceptors (Lipinski definition) is 4. The van der Waals surface area contributed by atoms with E-state index < -0.39 is 6.10 Å². The fraction of sp³-hybridized carbons (Fsp3) is 0.533. The largest absolute Gasteiger partial charge is 0.392 e. The molecule has 1 amide bonds. The van der Waals surface area contributed by atoms with E-state index in [1.807, 2.05) is 31.4 Å². The molecule has 6 nitrogen and oxygen atoms in total. The van der Waals surface area contributed by atoms with Gasteiger partial charge < -0.3 is 10.4 Å². The maximum Gasteiger partial charge on any atom is 0.220 e. The molecular weight excluding hydrogens is 268 g/mol. The van der Waals surface area contributed by atoms with Crippen molar-refractivity contribution >= 4 is 11.6 Å². The van der Waals surface area contributed by atoms with Crippen molar-refractivity contribution in [1.82, 2.24) is 19.9 Å². The minimum atomic E-state index is -0.525. The molecule has 21 heavy (non-hydrogen) atoms. The fourth-order valence-electron chi connectivity index (χ4n) is 2.39. The molecule has 0 aliphatic rings. The third kappa shape index (κ3) is 3.58. The van der Waals surface area contributed by atoms with E-state index in [4.69, 9.17) is 5.11 Å². The Morgan fingerprint density at radius 3 is 2.81 bits per heavy atom. The van der Waals surface area contributed by atoms with Crippen molar-refractivity contribution in [3.05, 3.63) is 28.7 Å². The zero-order valence-electron chi connectivity index (χ0n) is 13.0. The number of carbonyl (C=O) groups is 1. The lowest BCUT2D eigenvalue weighted by molar-refractivity contribution is -0.121. The van der Waals surface area contributed by atoms with Crippen molar-refractivity contribution in [2.24, 2.45) is 0 Å². The molecule has 2 rings (SSSR count). The normalized spacial score (nSPS) is 12.6. The Labute approximate surface area is 124 Å². The first kappa shape index (κ1) is 15.4. The molecule has 6 heteroatoms. The van der Waals surface area contributed by atoms with E-state index in [9.17, 15) is 4.79 Å². The number of nitrogens with one attached hydrogen (secondary N) is 1. The van der Waals surface area contributed by atoms with Crippen LogP contribution in [0.4, 0.5) is 0 Å². The van der Waals surface area contributed by atoms with Crippen LogP contribution in [-0.2, 0) is 11.2 Å². The van der Waals surface area contributed by atoms with Gasteiger partial charge in [-0.2, -0.15) is 5.10 Å². The summed E-state index contributed by atoms with van der Waals surface area (Å²) in [6.07, 6.45) is 0.468. The summed E-state index contributed by atoms with van der Waals surface area (Å²) in [5.41, 5.74) is 4.77. The second-order valence-electron chi connectivity index (χ2n) is 5.47. The van der Waals surface area contributed by atoms with E-state index in [1.54, 1.807) is 6.92 Å². The maximum atomic E-state index is 11.7. The number of fused-ring (bicyclic) bond motifs is 1. The Bertz CT molecular complexity index is 661. The van der Waals surface area contributed by atoms with Crippen LogP contribution in [0.25, 0.3) is 5.65 Å². The zero-order valence-corrected chi connectivity index (χ0v) is 13.0. The van der Waals surface area contributed by atoms with Gasteiger partial charge in [-0.1, -0.05) is 0 Å². The average molecular weight is 290 g/mol. The van der Waals surface area contributed by atoms with Gasteiger partial charge in [0.25, 0.3) is 0 Å².